The second-order valence-electron chi connectivity index (χ2n) is 8.32. The predicted molar refractivity (Wildman–Crippen MR) is 142 cm³/mol. The van der Waals surface area contributed by atoms with Crippen LogP contribution < -0.4 is 16.0 Å². The summed E-state index contributed by atoms with van der Waals surface area (Å²) in [6.07, 6.45) is 3.12. The van der Waals surface area contributed by atoms with Crippen molar-refractivity contribution in [1.82, 2.24) is 0 Å². The van der Waals surface area contributed by atoms with Crippen LogP contribution >= 0.6 is 11.6 Å². The number of aryl methyl sites for hydroxylation is 2. The summed E-state index contributed by atoms with van der Waals surface area (Å²) in [4.78, 5) is 15.4. The van der Waals surface area contributed by atoms with E-state index in [9.17, 15) is 4.79 Å². The Morgan fingerprint density at radius 3 is 2.09 bits per heavy atom. The lowest BCUT2D eigenvalue weighted by molar-refractivity contribution is 0.257. The highest BCUT2D eigenvalue weighted by Gasteiger charge is 2.21. The van der Waals surface area contributed by atoms with Crippen LogP contribution in [0, 0.1) is 6.92 Å². The van der Waals surface area contributed by atoms with Crippen molar-refractivity contribution in [3.8, 4) is 0 Å². The number of urea groups is 1. The number of amides is 2. The molecule has 0 saturated carbocycles. The van der Waals surface area contributed by atoms with Gasteiger partial charge in [0.1, 0.15) is 0 Å². The first-order valence-corrected chi connectivity index (χ1v) is 12.1. The number of benzene rings is 3. The van der Waals surface area contributed by atoms with E-state index in [0.29, 0.717) is 30.1 Å². The number of carbonyl (C=O) groups is 1. The maximum absolute atomic E-state index is 13.6. The molecule has 0 unspecified atom stereocenters. The van der Waals surface area contributed by atoms with Gasteiger partial charge < -0.3 is 11.1 Å². The number of hydrogen-bond donors (Lipinski definition) is 2. The molecular weight excluding hydrogens is 430 g/mol. The standard InChI is InChI=1S/C28H34ClN3O/c1-5-20-12-14-22(15-13-20)32(17-16-21-10-8-19(4)9-11-21)28(33)31-27-23(6-2)25(29)18-26(30)24(27)7-3/h8-15,18H,5-7,16-17,30H2,1-4H3,(H,31,33). The molecule has 0 aliphatic heterocycles. The minimum atomic E-state index is -0.183. The molecular formula is C28H34ClN3O. The van der Waals surface area contributed by atoms with Crippen molar-refractivity contribution < 1.29 is 4.79 Å². The lowest BCUT2D eigenvalue weighted by atomic mass is 10.0. The number of halogens is 1. The van der Waals surface area contributed by atoms with E-state index < -0.39 is 0 Å². The lowest BCUT2D eigenvalue weighted by Crippen LogP contribution is -2.37. The van der Waals surface area contributed by atoms with Gasteiger partial charge in [-0.05, 0) is 73.1 Å². The molecule has 3 N–H and O–H groups in total. The number of nitrogens with one attached hydrogen (secondary N) is 1. The Labute approximate surface area is 202 Å². The van der Waals surface area contributed by atoms with E-state index in [4.69, 9.17) is 17.3 Å². The topological polar surface area (TPSA) is 58.4 Å². The van der Waals surface area contributed by atoms with Crippen LogP contribution in [0.2, 0.25) is 5.02 Å². The van der Waals surface area contributed by atoms with Crippen LogP contribution in [0.15, 0.2) is 54.6 Å². The van der Waals surface area contributed by atoms with Gasteiger partial charge in [-0.1, -0.05) is 74.3 Å². The van der Waals surface area contributed by atoms with E-state index in [1.807, 2.05) is 26.0 Å². The highest BCUT2D eigenvalue weighted by atomic mass is 35.5. The summed E-state index contributed by atoms with van der Waals surface area (Å²) in [5.41, 5.74) is 13.9. The van der Waals surface area contributed by atoms with Gasteiger partial charge in [0.15, 0.2) is 0 Å². The SMILES string of the molecule is CCc1ccc(N(CCc2ccc(C)cc2)C(=O)Nc2c(CC)c(N)cc(Cl)c2CC)cc1. The second kappa shape index (κ2) is 11.2. The van der Waals surface area contributed by atoms with Gasteiger partial charge in [0.2, 0.25) is 0 Å². The van der Waals surface area contributed by atoms with Crippen LogP contribution in [-0.4, -0.2) is 12.6 Å². The van der Waals surface area contributed by atoms with E-state index in [1.165, 1.54) is 16.7 Å². The van der Waals surface area contributed by atoms with Crippen LogP contribution in [0.3, 0.4) is 0 Å². The molecule has 0 heterocycles. The molecule has 3 rings (SSSR count). The molecule has 0 atom stereocenters. The highest BCUT2D eigenvalue weighted by Crippen LogP contribution is 2.34. The summed E-state index contributed by atoms with van der Waals surface area (Å²) in [7, 11) is 0. The molecule has 3 aromatic carbocycles. The molecule has 0 saturated heterocycles. The molecule has 0 aromatic heterocycles. The average Bonchev–Trinajstić information content (AvgIpc) is 2.81. The third-order valence-corrected chi connectivity index (χ3v) is 6.44. The number of nitrogens with two attached hydrogens (primary N) is 1. The van der Waals surface area contributed by atoms with Crippen LogP contribution in [0.4, 0.5) is 21.9 Å². The Kier molecular flexibility index (Phi) is 8.40. The molecule has 33 heavy (non-hydrogen) atoms. The highest BCUT2D eigenvalue weighted by molar-refractivity contribution is 6.32. The zero-order chi connectivity index (χ0) is 24.0. The summed E-state index contributed by atoms with van der Waals surface area (Å²) in [6, 6.07) is 18.2. The minimum Gasteiger partial charge on any atom is -0.398 e. The molecule has 4 nitrogen and oxygen atoms in total. The van der Waals surface area contributed by atoms with Gasteiger partial charge in [-0.2, -0.15) is 0 Å². The molecule has 3 aromatic rings. The van der Waals surface area contributed by atoms with Gasteiger partial charge >= 0.3 is 6.03 Å². The van der Waals surface area contributed by atoms with Crippen molar-refractivity contribution in [3.05, 3.63) is 87.4 Å². The Morgan fingerprint density at radius 2 is 1.52 bits per heavy atom. The van der Waals surface area contributed by atoms with Crippen molar-refractivity contribution in [1.29, 1.82) is 0 Å². The zero-order valence-electron chi connectivity index (χ0n) is 20.0. The van der Waals surface area contributed by atoms with E-state index >= 15 is 0 Å². The fraction of sp³-hybridized carbons (Fsp3) is 0.321. The van der Waals surface area contributed by atoms with Crippen molar-refractivity contribution in [2.24, 2.45) is 0 Å². The van der Waals surface area contributed by atoms with Crippen molar-refractivity contribution in [3.63, 3.8) is 0 Å². The Bertz CT molecular complexity index is 1060. The quantitative estimate of drug-likeness (QED) is 0.347. The smallest absolute Gasteiger partial charge is 0.326 e. The van der Waals surface area contributed by atoms with E-state index in [0.717, 1.165) is 35.3 Å². The van der Waals surface area contributed by atoms with Crippen molar-refractivity contribution >= 4 is 34.7 Å². The van der Waals surface area contributed by atoms with Gasteiger partial charge in [-0.3, -0.25) is 4.90 Å². The largest absolute Gasteiger partial charge is 0.398 e. The number of anilines is 3. The summed E-state index contributed by atoms with van der Waals surface area (Å²) in [5, 5.41) is 3.74. The van der Waals surface area contributed by atoms with Gasteiger partial charge in [0.25, 0.3) is 0 Å². The molecule has 0 bridgehead atoms. The summed E-state index contributed by atoms with van der Waals surface area (Å²) in [5.74, 6) is 0. The van der Waals surface area contributed by atoms with E-state index in [1.54, 1.807) is 11.0 Å². The van der Waals surface area contributed by atoms with E-state index in [2.05, 4.69) is 55.6 Å². The lowest BCUT2D eigenvalue weighted by Gasteiger charge is -2.26. The fourth-order valence-corrected chi connectivity index (χ4v) is 4.41. The zero-order valence-corrected chi connectivity index (χ0v) is 20.8. The molecule has 0 radical (unpaired) electrons. The molecule has 0 fully saturated rings. The third-order valence-electron chi connectivity index (χ3n) is 6.11. The van der Waals surface area contributed by atoms with Crippen LogP contribution in [-0.2, 0) is 25.7 Å². The van der Waals surface area contributed by atoms with Gasteiger partial charge in [-0.25, -0.2) is 4.79 Å². The number of nitrogen functional groups attached to an aromatic ring is 1. The summed E-state index contributed by atoms with van der Waals surface area (Å²) >= 11 is 6.49. The molecule has 174 valence electrons. The van der Waals surface area contributed by atoms with Gasteiger partial charge in [0.05, 0.1) is 5.69 Å². The minimum absolute atomic E-state index is 0.183. The van der Waals surface area contributed by atoms with Crippen LogP contribution in [0.1, 0.15) is 48.6 Å². The molecule has 0 spiro atoms. The second-order valence-corrected chi connectivity index (χ2v) is 8.73. The Morgan fingerprint density at radius 1 is 0.909 bits per heavy atom. The molecule has 5 heteroatoms. The summed E-state index contributed by atoms with van der Waals surface area (Å²) in [6.45, 7) is 8.82. The maximum Gasteiger partial charge on any atom is 0.326 e. The normalized spacial score (nSPS) is 10.8. The molecule has 0 aliphatic carbocycles. The predicted octanol–water partition coefficient (Wildman–Crippen LogP) is 7.20. The molecule has 2 amide bonds. The van der Waals surface area contributed by atoms with Crippen LogP contribution in [0.25, 0.3) is 0 Å². The first-order chi connectivity index (χ1) is 15.9. The number of rotatable bonds is 8. The average molecular weight is 464 g/mol. The Hall–Kier alpha value is -2.98. The van der Waals surface area contributed by atoms with Crippen LogP contribution in [0.5, 0.6) is 0 Å². The maximum atomic E-state index is 13.6. The summed E-state index contributed by atoms with van der Waals surface area (Å²) < 4.78 is 0. The third kappa shape index (κ3) is 5.88. The monoisotopic (exact) mass is 463 g/mol. The van der Waals surface area contributed by atoms with Gasteiger partial charge in [0, 0.05) is 22.9 Å². The fourth-order valence-electron chi connectivity index (χ4n) is 4.06. The number of nitrogens with zero attached hydrogens (tertiary/aromatic N) is 1. The van der Waals surface area contributed by atoms with E-state index in [-0.39, 0.29) is 6.03 Å². The first kappa shape index (κ1) is 24.7. The Balaban J connectivity index is 1.94. The number of carbonyl (C=O) groups excluding carboxylic acids is 1. The molecule has 0 aliphatic rings. The number of hydrogen-bond acceptors (Lipinski definition) is 2. The van der Waals surface area contributed by atoms with Gasteiger partial charge in [-0.15, -0.1) is 0 Å². The van der Waals surface area contributed by atoms with Crippen molar-refractivity contribution in [2.45, 2.75) is 53.4 Å². The van der Waals surface area contributed by atoms with Crippen molar-refractivity contribution in [2.75, 3.05) is 22.5 Å². The first-order valence-electron chi connectivity index (χ1n) is 11.7.